The van der Waals surface area contributed by atoms with Crippen molar-refractivity contribution in [2.24, 2.45) is 0 Å². The highest BCUT2D eigenvalue weighted by Crippen LogP contribution is 2.00. The number of rotatable bonds is 7. The minimum absolute atomic E-state index is 0.314. The molecule has 0 aliphatic heterocycles. The SMILES string of the molecule is CSCCC(NCC(=O)O)C(=O)O. The molecule has 0 saturated carbocycles. The first-order valence-electron chi connectivity index (χ1n) is 3.75. The molecule has 0 saturated heterocycles. The summed E-state index contributed by atoms with van der Waals surface area (Å²) in [5.41, 5.74) is 0. The molecule has 6 heteroatoms. The van der Waals surface area contributed by atoms with Crippen LogP contribution in [-0.4, -0.2) is 46.7 Å². The van der Waals surface area contributed by atoms with Crippen molar-refractivity contribution in [1.29, 1.82) is 0 Å². The van der Waals surface area contributed by atoms with E-state index in [0.717, 1.165) is 0 Å². The van der Waals surface area contributed by atoms with Crippen molar-refractivity contribution >= 4 is 23.7 Å². The molecule has 1 unspecified atom stereocenters. The van der Waals surface area contributed by atoms with E-state index in [2.05, 4.69) is 5.32 Å². The molecule has 0 aromatic carbocycles. The fourth-order valence-electron chi connectivity index (χ4n) is 0.759. The van der Waals surface area contributed by atoms with Gasteiger partial charge in [0, 0.05) is 0 Å². The second-order valence-corrected chi connectivity index (χ2v) is 3.43. The number of hydrogen-bond donors (Lipinski definition) is 3. The first-order valence-corrected chi connectivity index (χ1v) is 5.14. The zero-order valence-corrected chi connectivity index (χ0v) is 8.13. The lowest BCUT2D eigenvalue weighted by Crippen LogP contribution is -2.40. The number of carboxylic acid groups (broad SMARTS) is 2. The van der Waals surface area contributed by atoms with Crippen molar-refractivity contribution in [2.75, 3.05) is 18.6 Å². The summed E-state index contributed by atoms with van der Waals surface area (Å²) in [6.07, 6.45) is 2.31. The molecular formula is C7H13NO4S. The number of thioether (sulfide) groups is 1. The van der Waals surface area contributed by atoms with Crippen LogP contribution in [0.3, 0.4) is 0 Å². The van der Waals surface area contributed by atoms with Gasteiger partial charge in [0.2, 0.25) is 0 Å². The molecule has 13 heavy (non-hydrogen) atoms. The minimum atomic E-state index is -1.05. The predicted octanol–water partition coefficient (Wildman–Crippen LogP) is -0.133. The topological polar surface area (TPSA) is 86.6 Å². The Morgan fingerprint density at radius 1 is 1.46 bits per heavy atom. The Balaban J connectivity index is 3.80. The average molecular weight is 207 g/mol. The van der Waals surface area contributed by atoms with Gasteiger partial charge < -0.3 is 10.2 Å². The highest BCUT2D eigenvalue weighted by Gasteiger charge is 2.16. The van der Waals surface area contributed by atoms with Crippen LogP contribution in [0.4, 0.5) is 0 Å². The first kappa shape index (κ1) is 12.2. The number of carbonyl (C=O) groups is 2. The molecule has 3 N–H and O–H groups in total. The van der Waals surface area contributed by atoms with E-state index >= 15 is 0 Å². The van der Waals surface area contributed by atoms with Crippen molar-refractivity contribution in [2.45, 2.75) is 12.5 Å². The fourth-order valence-corrected chi connectivity index (χ4v) is 1.23. The van der Waals surface area contributed by atoms with Gasteiger partial charge in [-0.1, -0.05) is 0 Å². The van der Waals surface area contributed by atoms with E-state index in [9.17, 15) is 9.59 Å². The molecule has 0 bridgehead atoms. The van der Waals surface area contributed by atoms with Crippen molar-refractivity contribution < 1.29 is 19.8 Å². The summed E-state index contributed by atoms with van der Waals surface area (Å²) in [4.78, 5) is 20.7. The number of nitrogens with one attached hydrogen (secondary N) is 1. The molecule has 0 aliphatic carbocycles. The lowest BCUT2D eigenvalue weighted by molar-refractivity contribution is -0.140. The average Bonchev–Trinajstić information content (AvgIpc) is 2.03. The molecule has 0 spiro atoms. The van der Waals surface area contributed by atoms with E-state index in [1.807, 2.05) is 6.26 Å². The maximum atomic E-state index is 10.6. The van der Waals surface area contributed by atoms with Crippen molar-refractivity contribution in [3.05, 3.63) is 0 Å². The molecule has 5 nitrogen and oxygen atoms in total. The first-order chi connectivity index (χ1) is 6.07. The summed E-state index contributed by atoms with van der Waals surface area (Å²) in [5, 5.41) is 19.4. The molecule has 0 fully saturated rings. The summed E-state index contributed by atoms with van der Waals surface area (Å²) in [5.74, 6) is -1.35. The van der Waals surface area contributed by atoms with Crippen LogP contribution >= 0.6 is 11.8 Å². The lowest BCUT2D eigenvalue weighted by atomic mass is 10.2. The lowest BCUT2D eigenvalue weighted by Gasteiger charge is -2.11. The third-order valence-electron chi connectivity index (χ3n) is 1.41. The molecule has 76 valence electrons. The normalized spacial score (nSPS) is 12.4. The van der Waals surface area contributed by atoms with Crippen LogP contribution in [0, 0.1) is 0 Å². The van der Waals surface area contributed by atoms with E-state index in [0.29, 0.717) is 12.2 Å². The monoisotopic (exact) mass is 207 g/mol. The van der Waals surface area contributed by atoms with Gasteiger partial charge in [-0.2, -0.15) is 11.8 Å². The van der Waals surface area contributed by atoms with Gasteiger partial charge in [0.25, 0.3) is 0 Å². The number of hydrogen-bond acceptors (Lipinski definition) is 4. The van der Waals surface area contributed by atoms with Crippen LogP contribution in [0.25, 0.3) is 0 Å². The van der Waals surface area contributed by atoms with Gasteiger partial charge in [-0.25, -0.2) is 0 Å². The second kappa shape index (κ2) is 6.73. The smallest absolute Gasteiger partial charge is 0.320 e. The van der Waals surface area contributed by atoms with Crippen LogP contribution in [0.5, 0.6) is 0 Å². The summed E-state index contributed by atoms with van der Waals surface area (Å²) < 4.78 is 0. The molecule has 0 rings (SSSR count). The molecule has 0 aliphatic rings. The van der Waals surface area contributed by atoms with Gasteiger partial charge in [0.15, 0.2) is 0 Å². The Morgan fingerprint density at radius 3 is 2.46 bits per heavy atom. The van der Waals surface area contributed by atoms with Crippen molar-refractivity contribution in [3.63, 3.8) is 0 Å². The van der Waals surface area contributed by atoms with Gasteiger partial charge in [0.05, 0.1) is 6.54 Å². The Labute approximate surface area is 80.5 Å². The van der Waals surface area contributed by atoms with Crippen LogP contribution in [0.2, 0.25) is 0 Å². The highest BCUT2D eigenvalue weighted by molar-refractivity contribution is 7.98. The zero-order valence-electron chi connectivity index (χ0n) is 7.32. The number of carboxylic acids is 2. The molecule has 0 amide bonds. The minimum Gasteiger partial charge on any atom is -0.480 e. The second-order valence-electron chi connectivity index (χ2n) is 2.45. The summed E-state index contributed by atoms with van der Waals surface area (Å²) in [7, 11) is 0. The van der Waals surface area contributed by atoms with Crippen LogP contribution in [-0.2, 0) is 9.59 Å². The maximum Gasteiger partial charge on any atom is 0.320 e. The fraction of sp³-hybridized carbons (Fsp3) is 0.714. The van der Waals surface area contributed by atoms with Crippen LogP contribution in [0.15, 0.2) is 0 Å². The molecule has 0 aromatic heterocycles. The molecule has 0 aromatic rings. The van der Waals surface area contributed by atoms with Crippen LogP contribution in [0.1, 0.15) is 6.42 Å². The Hall–Kier alpha value is -0.750. The number of aliphatic carboxylic acids is 2. The molecule has 0 heterocycles. The maximum absolute atomic E-state index is 10.6. The van der Waals surface area contributed by atoms with Gasteiger partial charge >= 0.3 is 11.9 Å². The van der Waals surface area contributed by atoms with Gasteiger partial charge in [-0.05, 0) is 18.4 Å². The Bertz CT molecular complexity index is 185. The van der Waals surface area contributed by atoms with Gasteiger partial charge in [-0.15, -0.1) is 0 Å². The van der Waals surface area contributed by atoms with Gasteiger partial charge in [-0.3, -0.25) is 14.9 Å². The molecule has 1 atom stereocenters. The Kier molecular flexibility index (Phi) is 6.34. The predicted molar refractivity (Wildman–Crippen MR) is 50.1 cm³/mol. The van der Waals surface area contributed by atoms with Crippen molar-refractivity contribution in [1.82, 2.24) is 5.32 Å². The largest absolute Gasteiger partial charge is 0.480 e. The summed E-state index contributed by atoms with van der Waals surface area (Å²) in [6.45, 7) is -0.314. The standard InChI is InChI=1S/C7H13NO4S/c1-13-3-2-5(7(11)12)8-4-6(9)10/h5,8H,2-4H2,1H3,(H,9,10)(H,11,12). The quantitative estimate of drug-likeness (QED) is 0.539. The van der Waals surface area contributed by atoms with E-state index in [1.165, 1.54) is 11.8 Å². The Morgan fingerprint density at radius 2 is 2.08 bits per heavy atom. The highest BCUT2D eigenvalue weighted by atomic mass is 32.2. The van der Waals surface area contributed by atoms with E-state index < -0.39 is 18.0 Å². The van der Waals surface area contributed by atoms with Crippen LogP contribution < -0.4 is 5.32 Å². The third-order valence-corrected chi connectivity index (χ3v) is 2.05. The third kappa shape index (κ3) is 6.41. The summed E-state index contributed by atoms with van der Waals surface area (Å²) >= 11 is 1.53. The van der Waals surface area contributed by atoms with E-state index in [1.54, 1.807) is 0 Å². The van der Waals surface area contributed by atoms with E-state index in [-0.39, 0.29) is 6.54 Å². The zero-order chi connectivity index (χ0) is 10.3. The molecular weight excluding hydrogens is 194 g/mol. The van der Waals surface area contributed by atoms with Gasteiger partial charge in [0.1, 0.15) is 6.04 Å². The van der Waals surface area contributed by atoms with Crippen molar-refractivity contribution in [3.8, 4) is 0 Å². The van der Waals surface area contributed by atoms with E-state index in [4.69, 9.17) is 10.2 Å². The summed E-state index contributed by atoms with van der Waals surface area (Å²) in [6, 6.07) is -0.761. The molecule has 0 radical (unpaired) electrons.